The monoisotopic (exact) mass is 246 g/mol. The molecule has 0 aromatic carbocycles. The lowest BCUT2D eigenvalue weighted by Gasteiger charge is -2.14. The summed E-state index contributed by atoms with van der Waals surface area (Å²) >= 11 is 0. The van der Waals surface area contributed by atoms with Crippen LogP contribution in [0.25, 0.3) is 0 Å². The molecule has 0 bridgehead atoms. The number of anilines is 1. The predicted molar refractivity (Wildman–Crippen MR) is 56.1 cm³/mol. The van der Waals surface area contributed by atoms with Crippen LogP contribution < -0.4 is 5.32 Å². The van der Waals surface area contributed by atoms with E-state index < -0.39 is 25.0 Å². The maximum atomic E-state index is 12.7. The van der Waals surface area contributed by atoms with Crippen molar-refractivity contribution in [2.45, 2.75) is 5.92 Å². The Morgan fingerprint density at radius 3 is 2.94 bits per heavy atom. The zero-order chi connectivity index (χ0) is 12.9. The van der Waals surface area contributed by atoms with Crippen LogP contribution in [-0.4, -0.2) is 42.2 Å². The summed E-state index contributed by atoms with van der Waals surface area (Å²) in [5, 5.41) is 10.8. The molecule has 0 amide bonds. The Balaban J connectivity index is 2.70. The van der Waals surface area contributed by atoms with Crippen LogP contribution in [0.5, 0.6) is 0 Å². The number of carbonyl (C=O) groups is 1. The van der Waals surface area contributed by atoms with E-state index >= 15 is 0 Å². The minimum absolute atomic E-state index is 0.0183. The molecule has 1 aromatic heterocycles. The van der Waals surface area contributed by atoms with Gasteiger partial charge in [0.15, 0.2) is 0 Å². The lowest BCUT2D eigenvalue weighted by molar-refractivity contribution is -0.0372. The van der Waals surface area contributed by atoms with Crippen LogP contribution in [0.15, 0.2) is 18.3 Å². The first-order valence-electron chi connectivity index (χ1n) is 4.75. The second-order valence-corrected chi connectivity index (χ2v) is 3.29. The second kappa shape index (κ2) is 5.53. The fourth-order valence-electron chi connectivity index (χ4n) is 1.04. The number of aromatic nitrogens is 1. The summed E-state index contributed by atoms with van der Waals surface area (Å²) in [5.41, 5.74) is 0.318. The Morgan fingerprint density at radius 2 is 2.35 bits per heavy atom. The number of hydrogen-bond acceptors (Lipinski definition) is 5. The first kappa shape index (κ1) is 13.3. The summed E-state index contributed by atoms with van der Waals surface area (Å²) in [6, 6.07) is 2.72. The molecule has 94 valence electrons. The van der Waals surface area contributed by atoms with Crippen molar-refractivity contribution in [1.29, 1.82) is 0 Å². The van der Waals surface area contributed by atoms with Crippen molar-refractivity contribution >= 4 is 11.7 Å². The third-order valence-corrected chi connectivity index (χ3v) is 1.94. The molecule has 0 fully saturated rings. The number of esters is 1. The summed E-state index contributed by atoms with van der Waals surface area (Å²) in [4.78, 5) is 14.8. The number of aliphatic hydroxyl groups is 1. The number of halogens is 2. The van der Waals surface area contributed by atoms with Gasteiger partial charge in [-0.25, -0.2) is 18.6 Å². The van der Waals surface area contributed by atoms with Crippen LogP contribution in [0.2, 0.25) is 0 Å². The number of aliphatic hydroxyl groups excluding tert-OH is 1. The molecule has 0 aliphatic carbocycles. The second-order valence-electron chi connectivity index (χ2n) is 3.29. The van der Waals surface area contributed by atoms with Crippen molar-refractivity contribution in [3.63, 3.8) is 0 Å². The third-order valence-electron chi connectivity index (χ3n) is 1.94. The van der Waals surface area contributed by atoms with Gasteiger partial charge in [0.05, 0.1) is 13.7 Å². The van der Waals surface area contributed by atoms with Gasteiger partial charge in [-0.2, -0.15) is 0 Å². The maximum Gasteiger partial charge on any atom is 0.356 e. The largest absolute Gasteiger partial charge is 0.464 e. The van der Waals surface area contributed by atoms with E-state index in [0.717, 1.165) is 0 Å². The molecule has 1 rings (SSSR count). The summed E-state index contributed by atoms with van der Waals surface area (Å²) in [7, 11) is 1.20. The predicted octanol–water partition coefficient (Wildman–Crippen LogP) is 0.908. The van der Waals surface area contributed by atoms with Crippen LogP contribution >= 0.6 is 0 Å². The summed E-state index contributed by atoms with van der Waals surface area (Å²) in [5.74, 6) is -3.86. The lowest BCUT2D eigenvalue weighted by Crippen LogP contribution is -2.31. The highest BCUT2D eigenvalue weighted by Gasteiger charge is 2.27. The number of ether oxygens (including phenoxy) is 1. The van der Waals surface area contributed by atoms with Crippen molar-refractivity contribution in [3.05, 3.63) is 24.0 Å². The fraction of sp³-hybridized carbons (Fsp3) is 0.400. The van der Waals surface area contributed by atoms with Crippen LogP contribution in [0, 0.1) is 0 Å². The van der Waals surface area contributed by atoms with E-state index in [0.29, 0.717) is 5.69 Å². The number of pyridine rings is 1. The van der Waals surface area contributed by atoms with Crippen molar-refractivity contribution in [3.8, 4) is 0 Å². The molecule has 0 spiro atoms. The summed E-state index contributed by atoms with van der Waals surface area (Å²) in [6.45, 7) is -1.97. The molecule has 7 heteroatoms. The standard InChI is InChI=1S/C10H12F2N2O3/c1-17-9(16)8-4-7(2-3-13-8)14-5-10(11,12)6-15/h2-4,15H,5-6H2,1H3,(H,13,14). The molecule has 0 aliphatic heterocycles. The first-order chi connectivity index (χ1) is 7.98. The molecular weight excluding hydrogens is 234 g/mol. The van der Waals surface area contributed by atoms with Gasteiger partial charge in [-0.05, 0) is 12.1 Å². The van der Waals surface area contributed by atoms with E-state index in [4.69, 9.17) is 5.11 Å². The normalized spacial score (nSPS) is 11.1. The fourth-order valence-corrected chi connectivity index (χ4v) is 1.04. The number of rotatable bonds is 5. The van der Waals surface area contributed by atoms with E-state index in [-0.39, 0.29) is 5.69 Å². The molecule has 0 saturated heterocycles. The minimum Gasteiger partial charge on any atom is -0.464 e. The molecular formula is C10H12F2N2O3. The molecule has 1 heterocycles. The Bertz CT molecular complexity index is 399. The van der Waals surface area contributed by atoms with Crippen molar-refractivity contribution in [2.75, 3.05) is 25.6 Å². The van der Waals surface area contributed by atoms with Gasteiger partial charge in [0, 0.05) is 11.9 Å². The van der Waals surface area contributed by atoms with E-state index in [9.17, 15) is 13.6 Å². The molecule has 17 heavy (non-hydrogen) atoms. The van der Waals surface area contributed by atoms with Crippen molar-refractivity contribution in [1.82, 2.24) is 4.98 Å². The van der Waals surface area contributed by atoms with Crippen LogP contribution in [0.4, 0.5) is 14.5 Å². The van der Waals surface area contributed by atoms with Crippen LogP contribution in [0.1, 0.15) is 10.5 Å². The van der Waals surface area contributed by atoms with Gasteiger partial charge >= 0.3 is 5.97 Å². The number of alkyl halides is 2. The third kappa shape index (κ3) is 3.95. The highest BCUT2D eigenvalue weighted by atomic mass is 19.3. The first-order valence-corrected chi connectivity index (χ1v) is 4.75. The number of hydrogen-bond donors (Lipinski definition) is 2. The number of carbonyl (C=O) groups excluding carboxylic acids is 1. The maximum absolute atomic E-state index is 12.7. The minimum atomic E-state index is -3.21. The number of nitrogens with zero attached hydrogens (tertiary/aromatic N) is 1. The van der Waals surface area contributed by atoms with Gasteiger partial charge in [0.1, 0.15) is 12.3 Å². The summed E-state index contributed by atoms with van der Waals surface area (Å²) in [6.07, 6.45) is 1.30. The molecule has 0 aliphatic rings. The SMILES string of the molecule is COC(=O)c1cc(NCC(F)(F)CO)ccn1. The Labute approximate surface area is 96.4 Å². The average molecular weight is 246 g/mol. The number of methoxy groups -OCH3 is 1. The van der Waals surface area contributed by atoms with E-state index in [2.05, 4.69) is 15.0 Å². The van der Waals surface area contributed by atoms with Gasteiger partial charge in [-0.1, -0.05) is 0 Å². The zero-order valence-electron chi connectivity index (χ0n) is 9.11. The molecule has 1 aromatic rings. The Hall–Kier alpha value is -1.76. The lowest BCUT2D eigenvalue weighted by atomic mass is 10.3. The molecule has 0 unspecified atom stereocenters. The molecule has 5 nitrogen and oxygen atoms in total. The molecule has 0 atom stereocenters. The van der Waals surface area contributed by atoms with E-state index in [1.54, 1.807) is 0 Å². The molecule has 0 radical (unpaired) electrons. The van der Waals surface area contributed by atoms with Crippen molar-refractivity contribution in [2.24, 2.45) is 0 Å². The van der Waals surface area contributed by atoms with Gasteiger partial charge in [0.2, 0.25) is 0 Å². The Morgan fingerprint density at radius 1 is 1.65 bits per heavy atom. The Kier molecular flexibility index (Phi) is 4.33. The van der Waals surface area contributed by atoms with E-state index in [1.807, 2.05) is 0 Å². The van der Waals surface area contributed by atoms with Crippen LogP contribution in [-0.2, 0) is 4.74 Å². The van der Waals surface area contributed by atoms with Gasteiger partial charge in [-0.3, -0.25) is 0 Å². The quantitative estimate of drug-likeness (QED) is 0.755. The topological polar surface area (TPSA) is 71.5 Å². The number of nitrogens with one attached hydrogen (secondary N) is 1. The summed E-state index contributed by atoms with van der Waals surface area (Å²) < 4.78 is 29.9. The van der Waals surface area contributed by atoms with E-state index in [1.165, 1.54) is 25.4 Å². The average Bonchev–Trinajstić information content (AvgIpc) is 2.36. The highest BCUT2D eigenvalue weighted by molar-refractivity contribution is 5.88. The molecule has 2 N–H and O–H groups in total. The van der Waals surface area contributed by atoms with Gasteiger partial charge in [0.25, 0.3) is 5.92 Å². The van der Waals surface area contributed by atoms with Crippen molar-refractivity contribution < 1.29 is 23.4 Å². The van der Waals surface area contributed by atoms with Crippen LogP contribution in [0.3, 0.4) is 0 Å². The van der Waals surface area contributed by atoms with Gasteiger partial charge < -0.3 is 15.2 Å². The molecule has 0 saturated carbocycles. The van der Waals surface area contributed by atoms with Gasteiger partial charge in [-0.15, -0.1) is 0 Å². The smallest absolute Gasteiger partial charge is 0.356 e. The zero-order valence-corrected chi connectivity index (χ0v) is 9.11. The highest BCUT2D eigenvalue weighted by Crippen LogP contribution is 2.15.